The number of fused-ring (bicyclic) bond motifs is 1. The summed E-state index contributed by atoms with van der Waals surface area (Å²) < 4.78 is 5.59. The standard InChI is InChI=1S/C19H18N2O6/c1-11-6-7-12(2)16(8-11)27-10-13(22)9-20-18(23)14-4-3-5-15(21(25)26)17(14)19(20)24/h3-8,13,22H,9-10H2,1-2H3/t13-/m0/s1. The van der Waals surface area contributed by atoms with Crippen molar-refractivity contribution in [1.82, 2.24) is 4.90 Å². The van der Waals surface area contributed by atoms with E-state index in [1.165, 1.54) is 18.2 Å². The van der Waals surface area contributed by atoms with Crippen molar-refractivity contribution in [2.75, 3.05) is 13.2 Å². The van der Waals surface area contributed by atoms with Crippen LogP contribution >= 0.6 is 0 Å². The van der Waals surface area contributed by atoms with E-state index < -0.39 is 28.5 Å². The first-order valence-electron chi connectivity index (χ1n) is 8.31. The highest BCUT2D eigenvalue weighted by Gasteiger charge is 2.41. The van der Waals surface area contributed by atoms with Crippen LogP contribution in [0.5, 0.6) is 5.75 Å². The first-order chi connectivity index (χ1) is 12.8. The summed E-state index contributed by atoms with van der Waals surface area (Å²) in [5.41, 5.74) is 1.20. The molecular weight excluding hydrogens is 352 g/mol. The van der Waals surface area contributed by atoms with Crippen LogP contribution in [0.1, 0.15) is 31.8 Å². The second kappa shape index (κ2) is 7.16. The Balaban J connectivity index is 1.72. The van der Waals surface area contributed by atoms with Gasteiger partial charge in [0.1, 0.15) is 24.0 Å². The van der Waals surface area contributed by atoms with E-state index in [1.807, 2.05) is 32.0 Å². The monoisotopic (exact) mass is 370 g/mol. The normalized spacial score (nSPS) is 14.3. The lowest BCUT2D eigenvalue weighted by atomic mass is 10.1. The van der Waals surface area contributed by atoms with Gasteiger partial charge < -0.3 is 9.84 Å². The zero-order valence-corrected chi connectivity index (χ0v) is 14.8. The molecule has 8 nitrogen and oxygen atoms in total. The molecule has 27 heavy (non-hydrogen) atoms. The van der Waals surface area contributed by atoms with E-state index in [4.69, 9.17) is 4.74 Å². The van der Waals surface area contributed by atoms with Crippen molar-refractivity contribution in [3.63, 3.8) is 0 Å². The summed E-state index contributed by atoms with van der Waals surface area (Å²) in [4.78, 5) is 36.1. The Morgan fingerprint density at radius 1 is 1.19 bits per heavy atom. The molecule has 140 valence electrons. The number of benzene rings is 2. The molecule has 0 fully saturated rings. The number of nitrogens with zero attached hydrogens (tertiary/aromatic N) is 2. The average Bonchev–Trinajstić information content (AvgIpc) is 2.87. The number of carbonyl (C=O) groups excluding carboxylic acids is 2. The van der Waals surface area contributed by atoms with Crippen LogP contribution in [0.4, 0.5) is 5.69 Å². The van der Waals surface area contributed by atoms with E-state index in [-0.39, 0.29) is 24.3 Å². The third kappa shape index (κ3) is 3.52. The van der Waals surface area contributed by atoms with Gasteiger partial charge in [-0.1, -0.05) is 18.2 Å². The molecule has 0 spiro atoms. The van der Waals surface area contributed by atoms with Crippen LogP contribution in [0.25, 0.3) is 0 Å². The van der Waals surface area contributed by atoms with Crippen molar-refractivity contribution in [3.05, 3.63) is 68.8 Å². The van der Waals surface area contributed by atoms with Gasteiger partial charge in [-0.25, -0.2) is 0 Å². The Labute approximate surface area is 155 Å². The van der Waals surface area contributed by atoms with E-state index in [1.54, 1.807) is 0 Å². The quantitative estimate of drug-likeness (QED) is 0.474. The molecule has 8 heteroatoms. The highest BCUT2D eigenvalue weighted by atomic mass is 16.6. The maximum absolute atomic E-state index is 12.5. The number of β-amino-alcohol motifs (C(OH)–C–C–N with tert-alkyl or cyclic N) is 1. The lowest BCUT2D eigenvalue weighted by Crippen LogP contribution is -2.39. The number of amides is 2. The fourth-order valence-corrected chi connectivity index (χ4v) is 2.95. The average molecular weight is 370 g/mol. The van der Waals surface area contributed by atoms with Crippen molar-refractivity contribution >= 4 is 17.5 Å². The second-order valence-corrected chi connectivity index (χ2v) is 6.41. The number of nitro groups is 1. The Hall–Kier alpha value is -3.26. The van der Waals surface area contributed by atoms with Crippen LogP contribution in [-0.2, 0) is 0 Å². The number of nitro benzene ring substituents is 1. The zero-order chi connectivity index (χ0) is 19.7. The summed E-state index contributed by atoms with van der Waals surface area (Å²) >= 11 is 0. The van der Waals surface area contributed by atoms with Gasteiger partial charge in [-0.15, -0.1) is 0 Å². The molecular formula is C19H18N2O6. The summed E-state index contributed by atoms with van der Waals surface area (Å²) in [6.45, 7) is 3.34. The minimum atomic E-state index is -1.13. The minimum absolute atomic E-state index is 0.0307. The van der Waals surface area contributed by atoms with Gasteiger partial charge in [0.2, 0.25) is 0 Å². The van der Waals surface area contributed by atoms with E-state index in [0.29, 0.717) is 5.75 Å². The number of ether oxygens (including phenoxy) is 1. The maximum Gasteiger partial charge on any atom is 0.282 e. The van der Waals surface area contributed by atoms with Crippen molar-refractivity contribution in [3.8, 4) is 5.75 Å². The van der Waals surface area contributed by atoms with E-state index in [2.05, 4.69) is 0 Å². The van der Waals surface area contributed by atoms with Gasteiger partial charge in [-0.3, -0.25) is 24.6 Å². The predicted octanol–water partition coefficient (Wildman–Crippen LogP) is 2.25. The first kappa shape index (κ1) is 18.5. The number of aryl methyl sites for hydroxylation is 2. The first-order valence-corrected chi connectivity index (χ1v) is 8.31. The summed E-state index contributed by atoms with van der Waals surface area (Å²) in [6, 6.07) is 9.54. The van der Waals surface area contributed by atoms with Gasteiger partial charge in [0.25, 0.3) is 17.5 Å². The molecule has 0 saturated carbocycles. The van der Waals surface area contributed by atoms with Gasteiger partial charge in [-0.05, 0) is 37.1 Å². The summed E-state index contributed by atoms with van der Waals surface area (Å²) in [6.07, 6.45) is -1.13. The van der Waals surface area contributed by atoms with E-state index >= 15 is 0 Å². The van der Waals surface area contributed by atoms with Gasteiger partial charge in [0, 0.05) is 6.07 Å². The van der Waals surface area contributed by atoms with Crippen LogP contribution < -0.4 is 4.74 Å². The number of aliphatic hydroxyl groups excluding tert-OH is 1. The molecule has 2 aromatic carbocycles. The molecule has 0 bridgehead atoms. The highest BCUT2D eigenvalue weighted by Crippen LogP contribution is 2.30. The van der Waals surface area contributed by atoms with Gasteiger partial charge in [0.05, 0.1) is 17.0 Å². The van der Waals surface area contributed by atoms with Crippen LogP contribution in [0.3, 0.4) is 0 Å². The number of rotatable bonds is 6. The lowest BCUT2D eigenvalue weighted by Gasteiger charge is -2.19. The van der Waals surface area contributed by atoms with Crippen LogP contribution in [-0.4, -0.2) is 46.0 Å². The Morgan fingerprint density at radius 3 is 2.63 bits per heavy atom. The van der Waals surface area contributed by atoms with Crippen LogP contribution in [0.15, 0.2) is 36.4 Å². The Bertz CT molecular complexity index is 940. The summed E-state index contributed by atoms with van der Waals surface area (Å²) in [7, 11) is 0. The van der Waals surface area contributed by atoms with Crippen LogP contribution in [0.2, 0.25) is 0 Å². The number of aliphatic hydroxyl groups is 1. The molecule has 1 N–H and O–H groups in total. The number of carbonyl (C=O) groups is 2. The fraction of sp³-hybridized carbons (Fsp3) is 0.263. The van der Waals surface area contributed by atoms with E-state index in [0.717, 1.165) is 16.0 Å². The smallest absolute Gasteiger partial charge is 0.282 e. The highest BCUT2D eigenvalue weighted by molar-refractivity contribution is 6.23. The molecule has 0 radical (unpaired) electrons. The zero-order valence-electron chi connectivity index (χ0n) is 14.8. The Kier molecular flexibility index (Phi) is 4.91. The third-order valence-corrected chi connectivity index (χ3v) is 4.34. The van der Waals surface area contributed by atoms with Gasteiger partial charge in [0.15, 0.2) is 0 Å². The van der Waals surface area contributed by atoms with Crippen molar-refractivity contribution in [2.24, 2.45) is 0 Å². The molecule has 2 amide bonds. The molecule has 0 unspecified atom stereocenters. The summed E-state index contributed by atoms with van der Waals surface area (Å²) in [5, 5.41) is 21.3. The van der Waals surface area contributed by atoms with Gasteiger partial charge in [-0.2, -0.15) is 0 Å². The molecule has 0 aromatic heterocycles. The lowest BCUT2D eigenvalue weighted by molar-refractivity contribution is -0.385. The molecule has 1 atom stereocenters. The van der Waals surface area contributed by atoms with Crippen molar-refractivity contribution in [2.45, 2.75) is 20.0 Å². The maximum atomic E-state index is 12.5. The SMILES string of the molecule is Cc1ccc(C)c(OC[C@@H](O)CN2C(=O)c3cccc([N+](=O)[O-])c3C2=O)c1. The topological polar surface area (TPSA) is 110 Å². The minimum Gasteiger partial charge on any atom is -0.491 e. The molecule has 1 aliphatic heterocycles. The van der Waals surface area contributed by atoms with Crippen molar-refractivity contribution in [1.29, 1.82) is 0 Å². The van der Waals surface area contributed by atoms with E-state index in [9.17, 15) is 24.8 Å². The predicted molar refractivity (Wildman–Crippen MR) is 95.9 cm³/mol. The molecule has 0 saturated heterocycles. The van der Waals surface area contributed by atoms with Gasteiger partial charge >= 0.3 is 0 Å². The molecule has 3 rings (SSSR count). The van der Waals surface area contributed by atoms with Crippen LogP contribution in [0, 0.1) is 24.0 Å². The largest absolute Gasteiger partial charge is 0.491 e. The molecule has 2 aromatic rings. The summed E-state index contributed by atoms with van der Waals surface area (Å²) in [5.74, 6) is -0.843. The third-order valence-electron chi connectivity index (χ3n) is 4.34. The number of hydrogen-bond acceptors (Lipinski definition) is 6. The van der Waals surface area contributed by atoms with Crippen molar-refractivity contribution < 1.29 is 24.4 Å². The fourth-order valence-electron chi connectivity index (χ4n) is 2.95. The second-order valence-electron chi connectivity index (χ2n) is 6.41. The molecule has 1 aliphatic rings. The number of imide groups is 1. The Morgan fingerprint density at radius 2 is 1.93 bits per heavy atom. The molecule has 0 aliphatic carbocycles. The number of hydrogen-bond donors (Lipinski definition) is 1. The molecule has 1 heterocycles.